The van der Waals surface area contributed by atoms with Crippen molar-refractivity contribution in [2.24, 2.45) is 0 Å². The van der Waals surface area contributed by atoms with Crippen LogP contribution < -0.4 is 5.56 Å². The average molecular weight is 397 g/mol. The van der Waals surface area contributed by atoms with Gasteiger partial charge in [-0.3, -0.25) is 14.9 Å². The van der Waals surface area contributed by atoms with Crippen LogP contribution in [0, 0.1) is 21.4 Å². The number of allylic oxidation sites excluding steroid dienone is 1. The maximum atomic E-state index is 12.2. The minimum Gasteiger partial charge on any atom is -0.305 e. The molecule has 122 valence electrons. The van der Waals surface area contributed by atoms with Gasteiger partial charge in [-0.1, -0.05) is 15.9 Å². The summed E-state index contributed by atoms with van der Waals surface area (Å²) in [7, 11) is 0. The van der Waals surface area contributed by atoms with Gasteiger partial charge >= 0.3 is 0 Å². The van der Waals surface area contributed by atoms with Crippen molar-refractivity contribution < 1.29 is 4.92 Å². The molecule has 3 rings (SSSR count). The Kier molecular flexibility index (Phi) is 4.41. The molecule has 0 unspecified atom stereocenters. The normalized spacial score (nSPS) is 11.3. The van der Waals surface area contributed by atoms with Crippen molar-refractivity contribution in [2.75, 3.05) is 0 Å². The van der Waals surface area contributed by atoms with Gasteiger partial charge in [0.1, 0.15) is 6.07 Å². The molecule has 2 aromatic carbocycles. The molecule has 0 saturated heterocycles. The van der Waals surface area contributed by atoms with Gasteiger partial charge in [0, 0.05) is 16.6 Å². The van der Waals surface area contributed by atoms with E-state index < -0.39 is 4.92 Å². The highest BCUT2D eigenvalue weighted by Gasteiger charge is 2.09. The second-order valence-electron chi connectivity index (χ2n) is 5.09. The molecule has 1 aromatic heterocycles. The summed E-state index contributed by atoms with van der Waals surface area (Å²) in [5.74, 6) is 0.140. The minimum atomic E-state index is -0.501. The molecule has 0 aliphatic heterocycles. The summed E-state index contributed by atoms with van der Waals surface area (Å²) >= 11 is 3.30. The highest BCUT2D eigenvalue weighted by Crippen LogP contribution is 2.20. The molecule has 1 N–H and O–H groups in total. The summed E-state index contributed by atoms with van der Waals surface area (Å²) in [6.45, 7) is 0. The number of benzene rings is 2. The lowest BCUT2D eigenvalue weighted by Crippen LogP contribution is -2.11. The zero-order valence-corrected chi connectivity index (χ0v) is 14.1. The Morgan fingerprint density at radius 3 is 2.64 bits per heavy atom. The summed E-state index contributed by atoms with van der Waals surface area (Å²) in [6.07, 6.45) is 1.51. The van der Waals surface area contributed by atoms with E-state index >= 15 is 0 Å². The van der Waals surface area contributed by atoms with E-state index in [0.717, 1.165) is 4.47 Å². The van der Waals surface area contributed by atoms with E-state index in [0.29, 0.717) is 16.5 Å². The van der Waals surface area contributed by atoms with Crippen LogP contribution in [0.3, 0.4) is 0 Å². The first-order chi connectivity index (χ1) is 12.0. The fourth-order valence-electron chi connectivity index (χ4n) is 2.25. The van der Waals surface area contributed by atoms with Gasteiger partial charge in [-0.25, -0.2) is 4.98 Å². The van der Waals surface area contributed by atoms with Crippen molar-refractivity contribution in [3.63, 3.8) is 0 Å². The second kappa shape index (κ2) is 6.67. The Labute approximate surface area is 149 Å². The topological polar surface area (TPSA) is 113 Å². The van der Waals surface area contributed by atoms with Gasteiger partial charge < -0.3 is 4.98 Å². The zero-order valence-electron chi connectivity index (χ0n) is 12.6. The van der Waals surface area contributed by atoms with Crippen LogP contribution in [-0.2, 0) is 0 Å². The molecule has 25 heavy (non-hydrogen) atoms. The number of nitrogens with zero attached hydrogens (tertiary/aromatic N) is 3. The molecule has 0 aliphatic carbocycles. The van der Waals surface area contributed by atoms with Gasteiger partial charge in [-0.05, 0) is 42.0 Å². The molecule has 0 spiro atoms. The molecule has 1 heterocycles. The van der Waals surface area contributed by atoms with Gasteiger partial charge in [0.25, 0.3) is 11.2 Å². The molecule has 0 radical (unpaired) electrons. The first-order valence-corrected chi connectivity index (χ1v) is 7.83. The number of nitrogens with one attached hydrogen (secondary N) is 1. The average Bonchev–Trinajstić information content (AvgIpc) is 2.60. The molecular weight excluding hydrogens is 388 g/mol. The van der Waals surface area contributed by atoms with Gasteiger partial charge in [-0.15, -0.1) is 0 Å². The molecule has 8 heteroatoms. The van der Waals surface area contributed by atoms with Crippen molar-refractivity contribution >= 4 is 44.2 Å². The number of nitriles is 1. The molecule has 7 nitrogen and oxygen atoms in total. The van der Waals surface area contributed by atoms with E-state index in [2.05, 4.69) is 25.9 Å². The molecular formula is C17H9BrN4O3. The van der Waals surface area contributed by atoms with Gasteiger partial charge in [0.2, 0.25) is 0 Å². The highest BCUT2D eigenvalue weighted by molar-refractivity contribution is 9.10. The minimum absolute atomic E-state index is 0.0431. The first-order valence-electron chi connectivity index (χ1n) is 7.04. The number of rotatable bonds is 3. The van der Waals surface area contributed by atoms with Crippen molar-refractivity contribution in [3.05, 3.63) is 78.8 Å². The van der Waals surface area contributed by atoms with Gasteiger partial charge in [-0.2, -0.15) is 5.26 Å². The third-order valence-corrected chi connectivity index (χ3v) is 3.95. The van der Waals surface area contributed by atoms with Crippen LogP contribution in [0.25, 0.3) is 22.6 Å². The summed E-state index contributed by atoms with van der Waals surface area (Å²) < 4.78 is 0.752. The summed E-state index contributed by atoms with van der Waals surface area (Å²) in [6, 6.07) is 12.8. The number of aromatic nitrogens is 2. The smallest absolute Gasteiger partial charge is 0.269 e. The van der Waals surface area contributed by atoms with Crippen molar-refractivity contribution in [3.8, 4) is 6.07 Å². The van der Waals surface area contributed by atoms with Crippen molar-refractivity contribution in [1.29, 1.82) is 5.26 Å². The maximum Gasteiger partial charge on any atom is 0.269 e. The highest BCUT2D eigenvalue weighted by atomic mass is 79.9. The van der Waals surface area contributed by atoms with Crippen LogP contribution in [0.15, 0.2) is 51.7 Å². The molecule has 3 aromatic rings. The van der Waals surface area contributed by atoms with E-state index in [1.165, 1.54) is 30.3 Å². The Hall–Kier alpha value is -3.31. The zero-order chi connectivity index (χ0) is 18.0. The molecule has 0 aliphatic rings. The fraction of sp³-hybridized carbons (Fsp3) is 0. The Balaban J connectivity index is 2.08. The summed E-state index contributed by atoms with van der Waals surface area (Å²) in [5, 5.41) is 20.5. The molecule has 0 atom stereocenters. The van der Waals surface area contributed by atoms with E-state index in [-0.39, 0.29) is 22.6 Å². The van der Waals surface area contributed by atoms with Crippen molar-refractivity contribution in [2.45, 2.75) is 0 Å². The number of non-ortho nitro benzene ring substituents is 1. The lowest BCUT2D eigenvalue weighted by molar-refractivity contribution is -0.384. The Morgan fingerprint density at radius 2 is 2.00 bits per heavy atom. The third kappa shape index (κ3) is 3.46. The molecule has 0 bridgehead atoms. The van der Waals surface area contributed by atoms with Crippen LogP contribution in [0.4, 0.5) is 5.69 Å². The van der Waals surface area contributed by atoms with Crippen molar-refractivity contribution in [1.82, 2.24) is 9.97 Å². The number of hydrogen-bond donors (Lipinski definition) is 1. The van der Waals surface area contributed by atoms with Gasteiger partial charge in [0.05, 0.1) is 21.4 Å². The molecule has 0 saturated carbocycles. The fourth-order valence-corrected chi connectivity index (χ4v) is 2.61. The molecule has 0 amide bonds. The number of nitro groups is 1. The van der Waals surface area contributed by atoms with E-state index in [4.69, 9.17) is 0 Å². The first kappa shape index (κ1) is 16.5. The second-order valence-corrected chi connectivity index (χ2v) is 6.01. The summed E-state index contributed by atoms with van der Waals surface area (Å²) in [5.41, 5.74) is 0.799. The Bertz CT molecular complexity index is 1110. The number of halogens is 1. The maximum absolute atomic E-state index is 12.2. The lowest BCUT2D eigenvalue weighted by atomic mass is 10.1. The predicted molar refractivity (Wildman–Crippen MR) is 96.6 cm³/mol. The SMILES string of the molecule is N#CC(=Cc1ccc([N+](=O)[O-])cc1)c1nc2ccc(Br)cc2c(=O)[nH]1. The largest absolute Gasteiger partial charge is 0.305 e. The van der Waals surface area contributed by atoms with Crippen LogP contribution >= 0.6 is 15.9 Å². The standard InChI is InChI=1S/C17H9BrN4O3/c18-12-3-6-15-14(8-12)17(23)21-16(20-15)11(9-19)7-10-1-4-13(5-2-10)22(24)25/h1-8H,(H,20,21,23). The third-order valence-electron chi connectivity index (χ3n) is 3.46. The van der Waals surface area contributed by atoms with Crippen LogP contribution in [-0.4, -0.2) is 14.9 Å². The van der Waals surface area contributed by atoms with Crippen LogP contribution in [0.2, 0.25) is 0 Å². The van der Waals surface area contributed by atoms with Crippen LogP contribution in [0.1, 0.15) is 11.4 Å². The van der Waals surface area contributed by atoms with E-state index in [1.54, 1.807) is 18.2 Å². The number of aromatic amines is 1. The molecule has 0 fully saturated rings. The van der Waals surface area contributed by atoms with Gasteiger partial charge in [0.15, 0.2) is 5.82 Å². The number of hydrogen-bond acceptors (Lipinski definition) is 5. The number of fused-ring (bicyclic) bond motifs is 1. The van der Waals surface area contributed by atoms with E-state index in [9.17, 15) is 20.2 Å². The monoisotopic (exact) mass is 396 g/mol. The number of H-pyrrole nitrogens is 1. The number of nitro benzene ring substituents is 1. The van der Waals surface area contributed by atoms with E-state index in [1.807, 2.05) is 6.07 Å². The summed E-state index contributed by atoms with van der Waals surface area (Å²) in [4.78, 5) is 29.3. The quantitative estimate of drug-likeness (QED) is 0.412. The predicted octanol–water partition coefficient (Wildman–Crippen LogP) is 3.66. The lowest BCUT2D eigenvalue weighted by Gasteiger charge is -2.03. The Morgan fingerprint density at radius 1 is 1.28 bits per heavy atom. The van der Waals surface area contributed by atoms with Crippen LogP contribution in [0.5, 0.6) is 0 Å².